The van der Waals surface area contributed by atoms with E-state index in [0.29, 0.717) is 26.8 Å². The van der Waals surface area contributed by atoms with Gasteiger partial charge in [-0.05, 0) is 35.0 Å². The first kappa shape index (κ1) is 11.0. The zero-order valence-corrected chi connectivity index (χ0v) is 10.3. The minimum atomic E-state index is -1.08. The predicted octanol–water partition coefficient (Wildman–Crippen LogP) is 3.21. The van der Waals surface area contributed by atoms with Crippen LogP contribution >= 0.6 is 15.9 Å². The Bertz CT molecular complexity index is 571. The number of carbonyl (C=O) groups is 1. The van der Waals surface area contributed by atoms with Crippen LogP contribution in [0.3, 0.4) is 0 Å². The molecule has 16 heavy (non-hydrogen) atoms. The summed E-state index contributed by atoms with van der Waals surface area (Å²) in [6, 6.07) is 3.52. The first-order valence-corrected chi connectivity index (χ1v) is 5.34. The number of ether oxygens (including phenoxy) is 1. The Kier molecular flexibility index (Phi) is 2.63. The molecule has 0 radical (unpaired) electrons. The number of methoxy groups -OCH3 is 1. The molecule has 0 atom stereocenters. The van der Waals surface area contributed by atoms with E-state index in [1.54, 1.807) is 19.1 Å². The molecular weight excluding hydrogens is 276 g/mol. The quantitative estimate of drug-likeness (QED) is 0.920. The van der Waals surface area contributed by atoms with Gasteiger partial charge in [-0.2, -0.15) is 0 Å². The maximum atomic E-state index is 11.0. The van der Waals surface area contributed by atoms with Gasteiger partial charge in [0.2, 0.25) is 5.76 Å². The highest BCUT2D eigenvalue weighted by Gasteiger charge is 2.20. The zero-order valence-electron chi connectivity index (χ0n) is 8.70. The lowest BCUT2D eigenvalue weighted by atomic mass is 10.1. The van der Waals surface area contributed by atoms with Crippen LogP contribution in [0.2, 0.25) is 0 Å². The number of halogens is 1. The van der Waals surface area contributed by atoms with Gasteiger partial charge in [-0.3, -0.25) is 0 Å². The summed E-state index contributed by atoms with van der Waals surface area (Å²) in [5, 5.41) is 9.66. The van der Waals surface area contributed by atoms with Crippen molar-refractivity contribution in [3.05, 3.63) is 27.9 Å². The lowest BCUT2D eigenvalue weighted by Gasteiger charge is -2.02. The van der Waals surface area contributed by atoms with Crippen molar-refractivity contribution >= 4 is 32.9 Å². The van der Waals surface area contributed by atoms with Crippen LogP contribution in [0, 0.1) is 6.92 Å². The van der Waals surface area contributed by atoms with Crippen LogP contribution in [0.4, 0.5) is 0 Å². The number of hydrogen-bond acceptors (Lipinski definition) is 3. The van der Waals surface area contributed by atoms with Crippen molar-refractivity contribution in [3.63, 3.8) is 0 Å². The Morgan fingerprint density at radius 2 is 2.19 bits per heavy atom. The number of benzene rings is 1. The first-order chi connectivity index (χ1) is 7.56. The molecule has 0 fully saturated rings. The summed E-state index contributed by atoms with van der Waals surface area (Å²) >= 11 is 3.31. The molecule has 2 aromatic rings. The van der Waals surface area contributed by atoms with Gasteiger partial charge in [0.05, 0.1) is 17.0 Å². The molecule has 2 rings (SSSR count). The van der Waals surface area contributed by atoms with Crippen molar-refractivity contribution in [2.45, 2.75) is 6.92 Å². The van der Waals surface area contributed by atoms with Crippen LogP contribution < -0.4 is 4.74 Å². The Morgan fingerprint density at radius 3 is 2.75 bits per heavy atom. The third-order valence-electron chi connectivity index (χ3n) is 2.41. The highest BCUT2D eigenvalue weighted by Crippen LogP contribution is 2.37. The van der Waals surface area contributed by atoms with Crippen LogP contribution in [0.5, 0.6) is 5.75 Å². The molecule has 1 aromatic heterocycles. The molecule has 0 aliphatic rings. The highest BCUT2D eigenvalue weighted by atomic mass is 79.9. The standard InChI is InChI=1S/C11H9BrO4/c1-5-8-7(15-2)4-3-6(12)10(8)16-9(5)11(13)14/h3-4H,1-2H3,(H,13,14). The lowest BCUT2D eigenvalue weighted by Crippen LogP contribution is -1.95. The monoisotopic (exact) mass is 284 g/mol. The third kappa shape index (κ3) is 1.48. The fourth-order valence-electron chi connectivity index (χ4n) is 1.66. The van der Waals surface area contributed by atoms with E-state index in [-0.39, 0.29) is 5.76 Å². The SMILES string of the molecule is COc1ccc(Br)c2oc(C(=O)O)c(C)c12. The van der Waals surface area contributed by atoms with Crippen LogP contribution in [0.25, 0.3) is 11.0 Å². The molecule has 1 aromatic carbocycles. The normalized spacial score (nSPS) is 10.7. The largest absolute Gasteiger partial charge is 0.496 e. The minimum Gasteiger partial charge on any atom is -0.496 e. The second kappa shape index (κ2) is 3.83. The number of furan rings is 1. The lowest BCUT2D eigenvalue weighted by molar-refractivity contribution is 0.0664. The molecule has 1 heterocycles. The summed E-state index contributed by atoms with van der Waals surface area (Å²) in [6.07, 6.45) is 0. The summed E-state index contributed by atoms with van der Waals surface area (Å²) in [7, 11) is 1.54. The van der Waals surface area contributed by atoms with Crippen molar-refractivity contribution in [1.82, 2.24) is 0 Å². The van der Waals surface area contributed by atoms with E-state index < -0.39 is 5.97 Å². The maximum absolute atomic E-state index is 11.0. The smallest absolute Gasteiger partial charge is 0.372 e. The molecule has 0 saturated carbocycles. The molecule has 0 bridgehead atoms. The van der Waals surface area contributed by atoms with Gasteiger partial charge in [0.15, 0.2) is 5.58 Å². The Balaban J connectivity index is 2.89. The number of fused-ring (bicyclic) bond motifs is 1. The van der Waals surface area contributed by atoms with Gasteiger partial charge < -0.3 is 14.3 Å². The molecular formula is C11H9BrO4. The molecule has 0 amide bonds. The van der Waals surface area contributed by atoms with Crippen molar-refractivity contribution < 1.29 is 19.1 Å². The van der Waals surface area contributed by atoms with E-state index in [2.05, 4.69) is 15.9 Å². The number of aryl methyl sites for hydroxylation is 1. The molecule has 5 heteroatoms. The molecule has 0 aliphatic carbocycles. The molecule has 0 spiro atoms. The number of carboxylic acid groups (broad SMARTS) is 1. The van der Waals surface area contributed by atoms with Crippen LogP contribution in [-0.2, 0) is 0 Å². The molecule has 1 N–H and O–H groups in total. The number of hydrogen-bond donors (Lipinski definition) is 1. The average Bonchev–Trinajstić information content (AvgIpc) is 2.59. The first-order valence-electron chi connectivity index (χ1n) is 4.55. The van der Waals surface area contributed by atoms with Gasteiger partial charge in [0.1, 0.15) is 5.75 Å². The highest BCUT2D eigenvalue weighted by molar-refractivity contribution is 9.10. The maximum Gasteiger partial charge on any atom is 0.372 e. The van der Waals surface area contributed by atoms with Gasteiger partial charge in [-0.15, -0.1) is 0 Å². The summed E-state index contributed by atoms with van der Waals surface area (Å²) in [6.45, 7) is 1.70. The van der Waals surface area contributed by atoms with E-state index in [4.69, 9.17) is 14.3 Å². The van der Waals surface area contributed by atoms with E-state index >= 15 is 0 Å². The summed E-state index contributed by atoms with van der Waals surface area (Å²) in [5.41, 5.74) is 1.06. The predicted molar refractivity (Wildman–Crippen MR) is 62.2 cm³/mol. The topological polar surface area (TPSA) is 59.7 Å². The summed E-state index contributed by atoms with van der Waals surface area (Å²) in [4.78, 5) is 11.0. The third-order valence-corrected chi connectivity index (χ3v) is 3.03. The second-order valence-corrected chi connectivity index (χ2v) is 4.17. The van der Waals surface area contributed by atoms with Crippen LogP contribution in [0.15, 0.2) is 21.0 Å². The second-order valence-electron chi connectivity index (χ2n) is 3.32. The zero-order chi connectivity index (χ0) is 11.9. The van der Waals surface area contributed by atoms with Crippen LogP contribution in [0.1, 0.15) is 16.1 Å². The Hall–Kier alpha value is -1.49. The fraction of sp³-hybridized carbons (Fsp3) is 0.182. The van der Waals surface area contributed by atoms with Gasteiger partial charge in [-0.1, -0.05) is 0 Å². The number of rotatable bonds is 2. The van der Waals surface area contributed by atoms with Crippen LogP contribution in [-0.4, -0.2) is 18.2 Å². The summed E-state index contributed by atoms with van der Waals surface area (Å²) < 4.78 is 11.2. The Morgan fingerprint density at radius 1 is 1.50 bits per heavy atom. The molecule has 0 aliphatic heterocycles. The number of carboxylic acids is 1. The molecule has 0 saturated heterocycles. The van der Waals surface area contributed by atoms with E-state index in [0.717, 1.165) is 0 Å². The summed E-state index contributed by atoms with van der Waals surface area (Å²) in [5.74, 6) is -0.533. The molecule has 4 nitrogen and oxygen atoms in total. The van der Waals surface area contributed by atoms with Gasteiger partial charge in [0, 0.05) is 5.56 Å². The van der Waals surface area contributed by atoms with Gasteiger partial charge in [0.25, 0.3) is 0 Å². The molecule has 0 unspecified atom stereocenters. The molecule has 84 valence electrons. The van der Waals surface area contributed by atoms with Crippen molar-refractivity contribution in [1.29, 1.82) is 0 Å². The fourth-order valence-corrected chi connectivity index (χ4v) is 2.07. The van der Waals surface area contributed by atoms with Crippen molar-refractivity contribution in [3.8, 4) is 5.75 Å². The van der Waals surface area contributed by atoms with Gasteiger partial charge >= 0.3 is 5.97 Å². The minimum absolute atomic E-state index is 0.0554. The van der Waals surface area contributed by atoms with Crippen molar-refractivity contribution in [2.75, 3.05) is 7.11 Å². The van der Waals surface area contributed by atoms with E-state index in [9.17, 15) is 4.79 Å². The number of aromatic carboxylic acids is 1. The van der Waals surface area contributed by atoms with Crippen molar-refractivity contribution in [2.24, 2.45) is 0 Å². The van der Waals surface area contributed by atoms with E-state index in [1.165, 1.54) is 7.11 Å². The van der Waals surface area contributed by atoms with E-state index in [1.807, 2.05) is 0 Å². The van der Waals surface area contributed by atoms with Gasteiger partial charge in [-0.25, -0.2) is 4.79 Å². The Labute approximate surface area is 99.9 Å². The average molecular weight is 285 g/mol.